The fourth-order valence-corrected chi connectivity index (χ4v) is 3.79. The summed E-state index contributed by atoms with van der Waals surface area (Å²) in [5.41, 5.74) is 6.05. The Morgan fingerprint density at radius 1 is 0.821 bits per heavy atom. The normalized spacial score (nSPS) is 10.8. The van der Waals surface area contributed by atoms with Crippen molar-refractivity contribution < 1.29 is 32.7 Å². The minimum atomic E-state index is 0. The first kappa shape index (κ1) is 21.0. The van der Waals surface area contributed by atoms with Crippen LogP contribution >= 0.6 is 0 Å². The van der Waals surface area contributed by atoms with Crippen molar-refractivity contribution in [3.63, 3.8) is 0 Å². The van der Waals surface area contributed by atoms with Gasteiger partial charge in [-0.3, -0.25) is 0 Å². The Morgan fingerprint density at radius 3 is 1.93 bits per heavy atom. The number of para-hydroxylation sites is 2. The quantitative estimate of drug-likeness (QED) is 0.268. The zero-order chi connectivity index (χ0) is 18.6. The maximum absolute atomic E-state index is 4.84. The second-order valence-electron chi connectivity index (χ2n) is 6.95. The number of rotatable bonds is 6. The van der Waals surface area contributed by atoms with Gasteiger partial charge >= 0.3 is 0 Å². The van der Waals surface area contributed by atoms with Gasteiger partial charge in [-0.2, -0.15) is 0 Å². The molecule has 4 aromatic rings. The van der Waals surface area contributed by atoms with Crippen molar-refractivity contribution in [1.29, 1.82) is 0 Å². The number of fused-ring (bicyclic) bond motifs is 2. The van der Waals surface area contributed by atoms with Gasteiger partial charge in [-0.15, -0.1) is 6.54 Å². The van der Waals surface area contributed by atoms with Gasteiger partial charge in [0.1, 0.15) is 0 Å². The van der Waals surface area contributed by atoms with Crippen LogP contribution in [0.3, 0.4) is 0 Å². The van der Waals surface area contributed by atoms with E-state index in [0.29, 0.717) is 0 Å². The Bertz CT molecular complexity index is 1000. The Hall–Kier alpha value is -1.77. The molecule has 1 radical (unpaired) electrons. The van der Waals surface area contributed by atoms with E-state index in [0.717, 1.165) is 37.0 Å². The van der Waals surface area contributed by atoms with Gasteiger partial charge in [0.25, 0.3) is 0 Å². The maximum Gasteiger partial charge on any atom is 0.0712 e. The van der Waals surface area contributed by atoms with Crippen molar-refractivity contribution in [1.82, 2.24) is 4.98 Å². The molecule has 0 spiro atoms. The van der Waals surface area contributed by atoms with Gasteiger partial charge < -0.3 is 11.8 Å². The SMILES string of the molecule is [CH2-]CN(CCC)c1ccc(Cc2c3ccccc3nc3ccccc23)cc1.[Y]. The van der Waals surface area contributed by atoms with Gasteiger partial charge in [0.15, 0.2) is 0 Å². The molecule has 2 nitrogen and oxygen atoms in total. The molecule has 0 atom stereocenters. The van der Waals surface area contributed by atoms with Crippen LogP contribution in [0.2, 0.25) is 0 Å². The molecule has 0 unspecified atom stereocenters. The molecule has 4 rings (SSSR count). The third-order valence-electron chi connectivity index (χ3n) is 5.15. The molecule has 3 aromatic carbocycles. The summed E-state index contributed by atoms with van der Waals surface area (Å²) >= 11 is 0. The van der Waals surface area contributed by atoms with Crippen molar-refractivity contribution in [3.05, 3.63) is 90.8 Å². The molecule has 0 fully saturated rings. The van der Waals surface area contributed by atoms with E-state index in [9.17, 15) is 0 Å². The second kappa shape index (κ2) is 9.63. The van der Waals surface area contributed by atoms with Crippen LogP contribution in [0.15, 0.2) is 72.8 Å². The van der Waals surface area contributed by atoms with E-state index in [1.54, 1.807) is 0 Å². The molecule has 139 valence electrons. The van der Waals surface area contributed by atoms with E-state index in [-0.39, 0.29) is 32.7 Å². The number of pyridine rings is 1. The maximum atomic E-state index is 4.84. The summed E-state index contributed by atoms with van der Waals surface area (Å²) < 4.78 is 0. The molecular weight excluding hydrogens is 417 g/mol. The molecular formula is C25H25N2Y-. The largest absolute Gasteiger partial charge is 0.402 e. The number of aromatic nitrogens is 1. The predicted octanol–water partition coefficient (Wildman–Crippen LogP) is 6.03. The molecule has 28 heavy (non-hydrogen) atoms. The molecule has 0 saturated carbocycles. The van der Waals surface area contributed by atoms with E-state index in [1.807, 2.05) is 0 Å². The number of nitrogens with zero attached hydrogens (tertiary/aromatic N) is 2. The fraction of sp³-hybridized carbons (Fsp3) is 0.200. The molecule has 0 aliphatic rings. The van der Waals surface area contributed by atoms with Gasteiger partial charge in [-0.05, 0) is 48.2 Å². The van der Waals surface area contributed by atoms with Crippen molar-refractivity contribution in [3.8, 4) is 0 Å². The van der Waals surface area contributed by atoms with Crippen LogP contribution in [0.25, 0.3) is 21.8 Å². The monoisotopic (exact) mass is 442 g/mol. The topological polar surface area (TPSA) is 16.1 Å². The first-order valence-corrected chi connectivity index (χ1v) is 9.69. The van der Waals surface area contributed by atoms with Crippen LogP contribution in [0.4, 0.5) is 5.69 Å². The third-order valence-corrected chi connectivity index (χ3v) is 5.15. The summed E-state index contributed by atoms with van der Waals surface area (Å²) in [4.78, 5) is 7.16. The number of anilines is 1. The number of hydrogen-bond donors (Lipinski definition) is 0. The molecule has 0 aliphatic carbocycles. The minimum Gasteiger partial charge on any atom is -0.402 e. The van der Waals surface area contributed by atoms with Gasteiger partial charge in [0.05, 0.1) is 11.0 Å². The van der Waals surface area contributed by atoms with Gasteiger partial charge in [0.2, 0.25) is 0 Å². The molecule has 1 aromatic heterocycles. The first-order valence-electron chi connectivity index (χ1n) is 9.69. The van der Waals surface area contributed by atoms with E-state index < -0.39 is 0 Å². The average Bonchev–Trinajstić information content (AvgIpc) is 2.72. The predicted molar refractivity (Wildman–Crippen MR) is 116 cm³/mol. The van der Waals surface area contributed by atoms with Crippen molar-refractivity contribution in [2.75, 3.05) is 18.0 Å². The molecule has 1 heterocycles. The Labute approximate surface area is 192 Å². The summed E-state index contributed by atoms with van der Waals surface area (Å²) in [7, 11) is 0. The van der Waals surface area contributed by atoms with E-state index >= 15 is 0 Å². The Morgan fingerprint density at radius 2 is 1.39 bits per heavy atom. The first-order chi connectivity index (χ1) is 13.3. The van der Waals surface area contributed by atoms with Crippen LogP contribution in [-0.4, -0.2) is 18.1 Å². The third kappa shape index (κ3) is 4.29. The van der Waals surface area contributed by atoms with Gasteiger partial charge in [-0.25, -0.2) is 4.98 Å². The summed E-state index contributed by atoms with van der Waals surface area (Å²) in [6.45, 7) is 8.11. The molecule has 0 N–H and O–H groups in total. The minimum absolute atomic E-state index is 0. The van der Waals surface area contributed by atoms with Crippen LogP contribution < -0.4 is 4.90 Å². The van der Waals surface area contributed by atoms with Gasteiger partial charge in [0, 0.05) is 55.7 Å². The average molecular weight is 442 g/mol. The van der Waals surface area contributed by atoms with Crippen LogP contribution in [0, 0.1) is 6.92 Å². The second-order valence-corrected chi connectivity index (χ2v) is 6.95. The molecule has 0 saturated heterocycles. The molecule has 0 amide bonds. The van der Waals surface area contributed by atoms with E-state index in [1.165, 1.54) is 27.6 Å². The summed E-state index contributed by atoms with van der Waals surface area (Å²) in [5.74, 6) is 0. The Kier molecular flexibility index (Phi) is 7.21. The summed E-state index contributed by atoms with van der Waals surface area (Å²) in [6.07, 6.45) is 2.04. The zero-order valence-corrected chi connectivity index (χ0v) is 19.3. The molecule has 0 bridgehead atoms. The fourth-order valence-electron chi connectivity index (χ4n) is 3.79. The van der Waals surface area contributed by atoms with Crippen molar-refractivity contribution in [2.45, 2.75) is 19.8 Å². The zero-order valence-electron chi connectivity index (χ0n) is 16.4. The Balaban J connectivity index is 0.00000225. The molecule has 3 heteroatoms. The van der Waals surface area contributed by atoms with Crippen LogP contribution in [0.1, 0.15) is 24.5 Å². The summed E-state index contributed by atoms with van der Waals surface area (Å²) in [6, 6.07) is 25.8. The van der Waals surface area contributed by atoms with E-state index in [2.05, 4.69) is 91.5 Å². The number of benzene rings is 3. The molecule has 0 aliphatic heterocycles. The van der Waals surface area contributed by atoms with Gasteiger partial charge in [-0.1, -0.05) is 55.5 Å². The van der Waals surface area contributed by atoms with Crippen LogP contribution in [0.5, 0.6) is 0 Å². The van der Waals surface area contributed by atoms with Crippen molar-refractivity contribution in [2.24, 2.45) is 0 Å². The van der Waals surface area contributed by atoms with E-state index in [4.69, 9.17) is 4.98 Å². The standard InChI is InChI=1S/C25H25N2.Y/c1-3-17-27(4-2)20-15-13-19(14-16-20)18-23-21-9-5-7-11-24(21)26-25-12-8-6-10-22(23)25;/h5-16H,2-4,17-18H2,1H3;/q-1;. The van der Waals surface area contributed by atoms with Crippen molar-refractivity contribution >= 4 is 27.5 Å². The van der Waals surface area contributed by atoms with Crippen LogP contribution in [-0.2, 0) is 39.1 Å². The summed E-state index contributed by atoms with van der Waals surface area (Å²) in [5, 5.41) is 2.48. The number of hydrogen-bond acceptors (Lipinski definition) is 2. The smallest absolute Gasteiger partial charge is 0.0712 e.